The summed E-state index contributed by atoms with van der Waals surface area (Å²) in [6.45, 7) is 21.9. The fourth-order valence-electron chi connectivity index (χ4n) is 6.02. The van der Waals surface area contributed by atoms with Gasteiger partial charge in [-0.25, -0.2) is 19.3 Å². The lowest BCUT2D eigenvalue weighted by Gasteiger charge is -2.34. The molecule has 2 N–H and O–H groups in total. The quantitative estimate of drug-likeness (QED) is 0.129. The number of benzene rings is 1. The third-order valence-corrected chi connectivity index (χ3v) is 8.72. The number of carbonyl (C=O) groups excluding carboxylic acids is 6. The van der Waals surface area contributed by atoms with Gasteiger partial charge in [0.2, 0.25) is 11.8 Å². The number of fused-ring (bicyclic) bond motifs is 1. The summed E-state index contributed by atoms with van der Waals surface area (Å²) in [4.78, 5) is 81.4. The van der Waals surface area contributed by atoms with Gasteiger partial charge in [-0.15, -0.1) is 0 Å². The van der Waals surface area contributed by atoms with E-state index in [1.54, 1.807) is 52.5 Å². The number of hydrogen-bond donors (Lipinski definition) is 2. The Labute approximate surface area is 314 Å². The molecule has 6 amide bonds. The number of rotatable bonds is 13. The highest BCUT2D eigenvalue weighted by molar-refractivity contribution is 6.06. The number of anilines is 1. The molecule has 0 bridgehead atoms. The molecular weight excluding hydrogens is 682 g/mol. The van der Waals surface area contributed by atoms with Crippen molar-refractivity contribution in [2.24, 2.45) is 5.41 Å². The molecule has 2 aliphatic heterocycles. The number of unbranched alkanes of at least 4 members (excludes halogenated alkanes) is 1. The Morgan fingerprint density at radius 2 is 1.40 bits per heavy atom. The second-order valence-corrected chi connectivity index (χ2v) is 17.6. The van der Waals surface area contributed by atoms with Crippen molar-refractivity contribution in [1.82, 2.24) is 20.4 Å². The lowest BCUT2D eigenvalue weighted by molar-refractivity contribution is -0.136. The number of nitrogens with one attached hydrogen (secondary N) is 2. The number of piperidine rings is 1. The first-order chi connectivity index (χ1) is 24.4. The zero-order valence-electron chi connectivity index (χ0n) is 33.6. The molecule has 1 unspecified atom stereocenters. The van der Waals surface area contributed by atoms with Crippen LogP contribution in [-0.2, 0) is 30.3 Å². The molecule has 1 fully saturated rings. The van der Waals surface area contributed by atoms with E-state index >= 15 is 0 Å². The van der Waals surface area contributed by atoms with Crippen molar-refractivity contribution in [2.45, 2.75) is 144 Å². The smallest absolute Gasteiger partial charge is 0.419 e. The highest BCUT2D eigenvalue weighted by Crippen LogP contribution is 2.36. The highest BCUT2D eigenvalue weighted by atomic mass is 16.6. The first-order valence-corrected chi connectivity index (χ1v) is 18.6. The fraction of sp³-hybridized carbons (Fsp3) is 0.692. The Kier molecular flexibility index (Phi) is 14.0. The molecule has 1 aromatic rings. The van der Waals surface area contributed by atoms with Crippen LogP contribution in [0.2, 0.25) is 0 Å². The zero-order valence-corrected chi connectivity index (χ0v) is 33.6. The molecule has 3 rings (SSSR count). The number of imide groups is 2. The summed E-state index contributed by atoms with van der Waals surface area (Å²) in [6.07, 6.45) is 0.945. The molecule has 0 aliphatic carbocycles. The van der Waals surface area contributed by atoms with Crippen LogP contribution in [0, 0.1) is 5.41 Å². The van der Waals surface area contributed by atoms with Gasteiger partial charge >= 0.3 is 18.3 Å². The Morgan fingerprint density at radius 3 is 1.96 bits per heavy atom. The third kappa shape index (κ3) is 13.5. The van der Waals surface area contributed by atoms with Gasteiger partial charge in [0.1, 0.15) is 22.8 Å². The second-order valence-electron chi connectivity index (χ2n) is 17.6. The van der Waals surface area contributed by atoms with Gasteiger partial charge in [0, 0.05) is 56.0 Å². The van der Waals surface area contributed by atoms with Crippen molar-refractivity contribution in [1.29, 1.82) is 0 Å². The SMILES string of the molecule is CC(C)(CCN(C(=O)OC(C)(C)C)C(=O)OC(C)(C)C)CCN(CCCCNC(=O)OC(C)(C)C)c1cccc2c1CN(C1CCC(=O)NC1=O)C2=O. The number of ether oxygens (including phenoxy) is 3. The summed E-state index contributed by atoms with van der Waals surface area (Å²) in [7, 11) is 0. The second kappa shape index (κ2) is 17.2. The predicted molar refractivity (Wildman–Crippen MR) is 200 cm³/mol. The van der Waals surface area contributed by atoms with Crippen LogP contribution < -0.4 is 15.5 Å². The normalized spacial score (nSPS) is 16.5. The number of hydrogen-bond acceptors (Lipinski definition) is 10. The van der Waals surface area contributed by atoms with Gasteiger partial charge in [0.25, 0.3) is 5.91 Å². The number of carbonyl (C=O) groups is 6. The van der Waals surface area contributed by atoms with Gasteiger partial charge in [-0.3, -0.25) is 19.7 Å². The van der Waals surface area contributed by atoms with Crippen molar-refractivity contribution in [3.63, 3.8) is 0 Å². The minimum absolute atomic E-state index is 0.0866. The van der Waals surface area contributed by atoms with Crippen molar-refractivity contribution in [2.75, 3.05) is 31.1 Å². The molecule has 1 saturated heterocycles. The van der Waals surface area contributed by atoms with Gasteiger partial charge in [0.05, 0.1) is 0 Å². The van der Waals surface area contributed by atoms with Crippen LogP contribution in [-0.4, -0.2) is 94.8 Å². The van der Waals surface area contributed by atoms with E-state index in [-0.39, 0.29) is 43.2 Å². The van der Waals surface area contributed by atoms with E-state index in [0.717, 1.165) is 22.6 Å². The predicted octanol–water partition coefficient (Wildman–Crippen LogP) is 6.54. The van der Waals surface area contributed by atoms with E-state index in [4.69, 9.17) is 14.2 Å². The van der Waals surface area contributed by atoms with E-state index in [1.165, 1.54) is 0 Å². The number of nitrogens with zero attached hydrogens (tertiary/aromatic N) is 3. The zero-order chi connectivity index (χ0) is 39.9. The Hall–Kier alpha value is -4.36. The topological polar surface area (TPSA) is 164 Å². The maximum absolute atomic E-state index is 13.6. The average Bonchev–Trinajstić information content (AvgIpc) is 3.32. The molecule has 14 heteroatoms. The summed E-state index contributed by atoms with van der Waals surface area (Å²) in [5.74, 6) is -1.05. The summed E-state index contributed by atoms with van der Waals surface area (Å²) < 4.78 is 16.4. The molecule has 0 radical (unpaired) electrons. The first kappa shape index (κ1) is 43.0. The maximum Gasteiger partial charge on any atom is 0.419 e. The van der Waals surface area contributed by atoms with Gasteiger partial charge in [-0.1, -0.05) is 19.9 Å². The molecule has 1 aromatic carbocycles. The van der Waals surface area contributed by atoms with Crippen molar-refractivity contribution >= 4 is 41.7 Å². The average molecular weight is 744 g/mol. The van der Waals surface area contributed by atoms with E-state index in [1.807, 2.05) is 32.9 Å². The summed E-state index contributed by atoms with van der Waals surface area (Å²) >= 11 is 0. The minimum Gasteiger partial charge on any atom is -0.444 e. The molecule has 296 valence electrons. The highest BCUT2D eigenvalue weighted by Gasteiger charge is 2.40. The van der Waals surface area contributed by atoms with E-state index in [9.17, 15) is 28.8 Å². The lowest BCUT2D eigenvalue weighted by atomic mass is 9.85. The molecule has 0 aromatic heterocycles. The van der Waals surface area contributed by atoms with E-state index < -0.39 is 47.0 Å². The minimum atomic E-state index is -0.805. The van der Waals surface area contributed by atoms with Crippen LogP contribution in [0.5, 0.6) is 0 Å². The third-order valence-electron chi connectivity index (χ3n) is 8.72. The van der Waals surface area contributed by atoms with Crippen LogP contribution in [0.25, 0.3) is 0 Å². The Morgan fingerprint density at radius 1 is 0.811 bits per heavy atom. The van der Waals surface area contributed by atoms with Crippen LogP contribution in [0.4, 0.5) is 20.1 Å². The maximum atomic E-state index is 13.6. The Balaban J connectivity index is 1.80. The molecule has 0 saturated carbocycles. The molecule has 1 atom stereocenters. The first-order valence-electron chi connectivity index (χ1n) is 18.6. The molecule has 0 spiro atoms. The van der Waals surface area contributed by atoms with Crippen molar-refractivity contribution in [3.8, 4) is 0 Å². The number of amides is 6. The molecular formula is C39H61N5O9. The van der Waals surface area contributed by atoms with Gasteiger partial charge in [-0.2, -0.15) is 0 Å². The molecule has 2 aliphatic rings. The fourth-order valence-corrected chi connectivity index (χ4v) is 6.02. The largest absolute Gasteiger partial charge is 0.444 e. The Bertz CT molecular complexity index is 1490. The van der Waals surface area contributed by atoms with Crippen LogP contribution in [0.15, 0.2) is 18.2 Å². The van der Waals surface area contributed by atoms with Gasteiger partial charge in [-0.05, 0) is 112 Å². The number of alkyl carbamates (subject to hydrolysis) is 1. The van der Waals surface area contributed by atoms with E-state index in [2.05, 4.69) is 29.4 Å². The molecule has 53 heavy (non-hydrogen) atoms. The van der Waals surface area contributed by atoms with Crippen molar-refractivity contribution in [3.05, 3.63) is 29.3 Å². The molecule has 14 nitrogen and oxygen atoms in total. The van der Waals surface area contributed by atoms with Crippen molar-refractivity contribution < 1.29 is 43.0 Å². The van der Waals surface area contributed by atoms with Crippen LogP contribution >= 0.6 is 0 Å². The van der Waals surface area contributed by atoms with Gasteiger partial charge < -0.3 is 29.3 Å². The van der Waals surface area contributed by atoms with Gasteiger partial charge in [0.15, 0.2) is 0 Å². The summed E-state index contributed by atoms with van der Waals surface area (Å²) in [5, 5.41) is 5.17. The van der Waals surface area contributed by atoms with E-state index in [0.29, 0.717) is 44.5 Å². The van der Waals surface area contributed by atoms with Crippen LogP contribution in [0.1, 0.15) is 131 Å². The monoisotopic (exact) mass is 743 g/mol. The standard InChI is InChI=1S/C39H61N5O9/c1-36(2,3)51-33(48)40-21-12-13-22-42(28-16-14-15-26-27(28)25-44(32(26)47)29-17-18-30(45)41-31(29)46)23-19-39(10,11)20-24-43(34(49)52-37(4,5)6)35(50)53-38(7,8)9/h14-16,29H,12-13,17-25H2,1-11H3,(H,40,48)(H,41,45,46). The molecule has 2 heterocycles. The lowest BCUT2D eigenvalue weighted by Crippen LogP contribution is -2.52. The summed E-state index contributed by atoms with van der Waals surface area (Å²) in [5.41, 5.74) is -0.364. The summed E-state index contributed by atoms with van der Waals surface area (Å²) in [6, 6.07) is 4.84. The van der Waals surface area contributed by atoms with Crippen LogP contribution in [0.3, 0.4) is 0 Å².